The van der Waals surface area contributed by atoms with Crippen molar-refractivity contribution >= 4 is 30.7 Å². The number of allylic oxidation sites excluding steroid dienone is 2. The quantitative estimate of drug-likeness (QED) is 0.196. The summed E-state index contributed by atoms with van der Waals surface area (Å²) in [6, 6.07) is 7.78. The van der Waals surface area contributed by atoms with Gasteiger partial charge in [0.1, 0.15) is 6.73 Å². The van der Waals surface area contributed by atoms with E-state index in [0.717, 1.165) is 29.4 Å². The number of hydrogen-bond donors (Lipinski definition) is 2. The fourth-order valence-electron chi connectivity index (χ4n) is 3.90. The predicted molar refractivity (Wildman–Crippen MR) is 147 cm³/mol. The van der Waals surface area contributed by atoms with Crippen LogP contribution in [0.15, 0.2) is 78.6 Å². The van der Waals surface area contributed by atoms with Gasteiger partial charge in [-0.2, -0.15) is 0 Å². The molecule has 0 atom stereocenters. The molecule has 40 heavy (non-hydrogen) atoms. The first kappa shape index (κ1) is 29.3. The summed E-state index contributed by atoms with van der Waals surface area (Å²) < 4.78 is 41.7. The fourth-order valence-corrected chi connectivity index (χ4v) is 4.75. The van der Waals surface area contributed by atoms with Crippen molar-refractivity contribution in [2.75, 3.05) is 34.2 Å². The molecule has 12 nitrogen and oxygen atoms in total. The molecule has 0 radical (unpaired) electrons. The van der Waals surface area contributed by atoms with Crippen LogP contribution in [-0.4, -0.2) is 55.6 Å². The molecule has 0 saturated heterocycles. The van der Waals surface area contributed by atoms with Crippen molar-refractivity contribution in [3.8, 4) is 0 Å². The van der Waals surface area contributed by atoms with Crippen LogP contribution >= 0.6 is 7.82 Å². The molecule has 2 aliphatic heterocycles. The zero-order valence-corrected chi connectivity index (χ0v) is 23.3. The number of benzene rings is 1. The van der Waals surface area contributed by atoms with E-state index in [-0.39, 0.29) is 6.73 Å². The first-order valence-corrected chi connectivity index (χ1v) is 14.1. The van der Waals surface area contributed by atoms with Gasteiger partial charge in [0.25, 0.3) is 0 Å². The maximum Gasteiger partial charge on any atom is 0.482 e. The molecular formula is C27H33N4O8P. The molecule has 0 saturated carbocycles. The molecule has 1 aromatic carbocycles. The van der Waals surface area contributed by atoms with Gasteiger partial charge >= 0.3 is 19.8 Å². The third kappa shape index (κ3) is 8.17. The van der Waals surface area contributed by atoms with Crippen LogP contribution in [0.25, 0.3) is 10.9 Å². The van der Waals surface area contributed by atoms with Crippen molar-refractivity contribution in [2.24, 2.45) is 0 Å². The number of ether oxygens (including phenoxy) is 2. The Labute approximate surface area is 232 Å². The Morgan fingerprint density at radius 1 is 0.925 bits per heavy atom. The molecule has 0 amide bonds. The molecule has 2 aliphatic rings. The SMILES string of the molecule is CN(C)CCc1cn(COP(=O)(OCOC(=O)C2=CNC=CC2)OCOC(=O)C2=CNC=CC2)c2ccccc12. The number of phosphoric acid groups is 1. The van der Waals surface area contributed by atoms with Gasteiger partial charge in [-0.05, 0) is 44.5 Å². The molecule has 2 N–H and O–H groups in total. The Kier molecular flexibility index (Phi) is 10.3. The molecule has 1 aromatic heterocycles. The van der Waals surface area contributed by atoms with Crippen molar-refractivity contribution in [1.82, 2.24) is 20.1 Å². The highest BCUT2D eigenvalue weighted by Crippen LogP contribution is 2.50. The lowest BCUT2D eigenvalue weighted by atomic mass is 10.1. The first-order valence-electron chi connectivity index (χ1n) is 12.6. The smallest absolute Gasteiger partial charge is 0.434 e. The van der Waals surface area contributed by atoms with Crippen LogP contribution in [0.1, 0.15) is 18.4 Å². The second kappa shape index (κ2) is 14.1. The largest absolute Gasteiger partial charge is 0.482 e. The average Bonchev–Trinajstić information content (AvgIpc) is 3.33. The van der Waals surface area contributed by atoms with Crippen LogP contribution in [0.5, 0.6) is 0 Å². The van der Waals surface area contributed by atoms with Gasteiger partial charge in [0.05, 0.1) is 16.7 Å². The van der Waals surface area contributed by atoms with Crippen LogP contribution in [0, 0.1) is 0 Å². The summed E-state index contributed by atoms with van der Waals surface area (Å²) in [4.78, 5) is 26.7. The number of nitrogens with one attached hydrogen (secondary N) is 2. The van der Waals surface area contributed by atoms with Gasteiger partial charge < -0.3 is 29.6 Å². The normalized spacial score (nSPS) is 14.9. The highest BCUT2D eigenvalue weighted by atomic mass is 31.2. The third-order valence-corrected chi connectivity index (χ3v) is 7.27. The van der Waals surface area contributed by atoms with Gasteiger partial charge in [-0.3, -0.25) is 4.52 Å². The van der Waals surface area contributed by atoms with E-state index in [9.17, 15) is 14.2 Å². The number of likely N-dealkylation sites (N-methyl/N-ethyl adjacent to an activating group) is 1. The minimum Gasteiger partial charge on any atom is -0.434 e. The summed E-state index contributed by atoms with van der Waals surface area (Å²) in [6.45, 7) is -0.752. The number of para-hydroxylation sites is 1. The van der Waals surface area contributed by atoms with Gasteiger partial charge in [0.2, 0.25) is 13.6 Å². The maximum absolute atomic E-state index is 13.5. The third-order valence-electron chi connectivity index (χ3n) is 6.00. The number of phosphoric ester groups is 1. The summed E-state index contributed by atoms with van der Waals surface area (Å²) in [5.74, 6) is -1.30. The Hall–Kier alpha value is -3.67. The number of nitrogens with zero attached hydrogens (tertiary/aromatic N) is 2. The maximum atomic E-state index is 13.5. The Morgan fingerprint density at radius 2 is 1.52 bits per heavy atom. The van der Waals surface area contributed by atoms with Gasteiger partial charge in [-0.15, -0.1) is 0 Å². The van der Waals surface area contributed by atoms with Gasteiger partial charge in [-0.1, -0.05) is 30.4 Å². The van der Waals surface area contributed by atoms with E-state index >= 15 is 0 Å². The highest BCUT2D eigenvalue weighted by Gasteiger charge is 2.30. The van der Waals surface area contributed by atoms with E-state index in [4.69, 9.17) is 23.0 Å². The van der Waals surface area contributed by atoms with Crippen LogP contribution in [0.4, 0.5) is 0 Å². The van der Waals surface area contributed by atoms with Crippen LogP contribution in [0.3, 0.4) is 0 Å². The summed E-state index contributed by atoms with van der Waals surface area (Å²) >= 11 is 0. The lowest BCUT2D eigenvalue weighted by molar-refractivity contribution is -0.149. The predicted octanol–water partition coefficient (Wildman–Crippen LogP) is 3.64. The van der Waals surface area contributed by atoms with Crippen LogP contribution in [0.2, 0.25) is 0 Å². The van der Waals surface area contributed by atoms with E-state index in [0.29, 0.717) is 24.0 Å². The molecule has 0 aliphatic carbocycles. The zero-order valence-electron chi connectivity index (χ0n) is 22.4. The Balaban J connectivity index is 1.42. The number of fused-ring (bicyclic) bond motifs is 1. The monoisotopic (exact) mass is 572 g/mol. The number of aromatic nitrogens is 1. The molecule has 0 spiro atoms. The lowest BCUT2D eigenvalue weighted by Crippen LogP contribution is -2.17. The van der Waals surface area contributed by atoms with Crippen LogP contribution < -0.4 is 10.6 Å². The zero-order chi connectivity index (χ0) is 28.4. The second-order valence-electron chi connectivity index (χ2n) is 9.14. The second-order valence-corrected chi connectivity index (χ2v) is 10.8. The number of carbonyl (C=O) groups excluding carboxylic acids is 2. The van der Waals surface area contributed by atoms with Crippen molar-refractivity contribution in [2.45, 2.75) is 26.0 Å². The topological polar surface area (TPSA) is 130 Å². The van der Waals surface area contributed by atoms with Crippen molar-refractivity contribution in [3.05, 3.63) is 84.1 Å². The average molecular weight is 573 g/mol. The molecule has 2 aromatic rings. The first-order chi connectivity index (χ1) is 19.3. The minimum atomic E-state index is -4.36. The summed E-state index contributed by atoms with van der Waals surface area (Å²) in [5, 5.41) is 6.65. The standard InChI is InChI=1S/C27H33N4O8P/c1-30(2)14-11-23-17-31(25-10-4-3-9-24(23)25)18-37-40(34,38-19-35-26(32)21-7-5-12-28-15-21)39-20-36-27(33)22-8-6-13-29-16-22/h3-6,9-10,12-13,15-17,28-29H,7-8,11,14,18-20H2,1-2H3. The van der Waals surface area contributed by atoms with E-state index < -0.39 is 33.3 Å². The molecule has 4 rings (SSSR count). The molecule has 0 fully saturated rings. The van der Waals surface area contributed by atoms with E-state index in [1.165, 1.54) is 12.4 Å². The van der Waals surface area contributed by atoms with Crippen molar-refractivity contribution in [3.63, 3.8) is 0 Å². The number of carbonyl (C=O) groups is 2. The van der Waals surface area contributed by atoms with E-state index in [1.54, 1.807) is 29.1 Å². The summed E-state index contributed by atoms with van der Waals surface area (Å²) in [7, 11) is -0.353. The highest BCUT2D eigenvalue weighted by molar-refractivity contribution is 7.48. The number of esters is 2. The number of dihydropyridines is 2. The van der Waals surface area contributed by atoms with Gasteiger partial charge in [-0.25, -0.2) is 23.2 Å². The Morgan fingerprint density at radius 3 is 2.08 bits per heavy atom. The van der Waals surface area contributed by atoms with Crippen molar-refractivity contribution in [1.29, 1.82) is 0 Å². The van der Waals surface area contributed by atoms with E-state index in [1.807, 2.05) is 44.6 Å². The van der Waals surface area contributed by atoms with Crippen molar-refractivity contribution < 1.29 is 37.2 Å². The fraction of sp³-hybridized carbons (Fsp3) is 0.333. The van der Waals surface area contributed by atoms with Gasteiger partial charge in [0, 0.05) is 43.4 Å². The molecule has 214 valence electrons. The molecule has 0 bridgehead atoms. The summed E-state index contributed by atoms with van der Waals surface area (Å²) in [6.07, 6.45) is 13.4. The van der Waals surface area contributed by atoms with Gasteiger partial charge in [0.15, 0.2) is 0 Å². The Bertz CT molecular complexity index is 1320. The van der Waals surface area contributed by atoms with E-state index in [2.05, 4.69) is 15.5 Å². The molecule has 13 heteroatoms. The number of rotatable bonds is 14. The van der Waals surface area contributed by atoms with Crippen LogP contribution in [-0.2, 0) is 50.4 Å². The molecule has 3 heterocycles. The number of hydrogen-bond acceptors (Lipinski definition) is 11. The minimum absolute atomic E-state index is 0.193. The molecule has 0 unspecified atom stereocenters. The lowest BCUT2D eigenvalue weighted by Gasteiger charge is -2.19. The molecular weight excluding hydrogens is 539 g/mol. The summed E-state index contributed by atoms with van der Waals surface area (Å²) in [5.41, 5.74) is 2.70.